The van der Waals surface area contributed by atoms with Crippen molar-refractivity contribution in [3.8, 4) is 0 Å². The zero-order valence-corrected chi connectivity index (χ0v) is 10.3. The molecule has 0 aromatic heterocycles. The molecule has 0 aliphatic carbocycles. The Hall–Kier alpha value is -0.760. The molecule has 18 heavy (non-hydrogen) atoms. The van der Waals surface area contributed by atoms with E-state index in [1.807, 2.05) is 0 Å². The molecule has 0 amide bonds. The smallest absolute Gasteiger partial charge is 0.394 e. The van der Waals surface area contributed by atoms with Crippen LogP contribution in [0.3, 0.4) is 0 Å². The summed E-state index contributed by atoms with van der Waals surface area (Å²) in [6, 6.07) is 5.98. The summed E-state index contributed by atoms with van der Waals surface area (Å²) in [6.45, 7) is 0.331. The highest BCUT2D eigenvalue weighted by molar-refractivity contribution is 8.00. The summed E-state index contributed by atoms with van der Waals surface area (Å²) in [5.41, 5.74) is -3.46. The van der Waals surface area contributed by atoms with Crippen molar-refractivity contribution in [2.45, 2.75) is 23.1 Å². The van der Waals surface area contributed by atoms with Gasteiger partial charge in [-0.05, 0) is 29.5 Å². The molecule has 1 aromatic carbocycles. The van der Waals surface area contributed by atoms with E-state index in [0.717, 1.165) is 5.56 Å². The van der Waals surface area contributed by atoms with Crippen LogP contribution < -0.4 is 5.32 Å². The van der Waals surface area contributed by atoms with Gasteiger partial charge in [0, 0.05) is 18.0 Å². The number of halogens is 3. The van der Waals surface area contributed by atoms with E-state index >= 15 is 0 Å². The minimum absolute atomic E-state index is 0.140. The Morgan fingerprint density at radius 1 is 1.22 bits per heavy atom. The molecular weight excluding hydrogens is 267 g/mol. The largest absolute Gasteiger partial charge is 0.446 e. The molecule has 3 N–H and O–H groups in total. The molecule has 0 radical (unpaired) electrons. The standard InChI is InChI=1S/C11H14F3NO2S/c12-11(13,14)18-10-3-1-8(2-4-10)5-15-6-9(17)7-16/h1-4,9,15-17H,5-7H2/t9-/m0/s1. The van der Waals surface area contributed by atoms with Gasteiger partial charge in [0.2, 0.25) is 0 Å². The number of aliphatic hydroxyl groups excluding tert-OH is 2. The maximum atomic E-state index is 12.1. The van der Waals surface area contributed by atoms with Gasteiger partial charge in [-0.1, -0.05) is 12.1 Å². The van der Waals surface area contributed by atoms with Crippen LogP contribution in [0.4, 0.5) is 13.2 Å². The Labute approximate surface area is 107 Å². The molecule has 0 saturated carbocycles. The van der Waals surface area contributed by atoms with Gasteiger partial charge in [0.1, 0.15) is 0 Å². The molecule has 0 unspecified atom stereocenters. The SMILES string of the molecule is OC[C@@H](O)CNCc1ccc(SC(F)(F)F)cc1. The van der Waals surface area contributed by atoms with Crippen LogP contribution in [-0.4, -0.2) is 35.0 Å². The van der Waals surface area contributed by atoms with Gasteiger partial charge in [0.15, 0.2) is 0 Å². The van der Waals surface area contributed by atoms with Gasteiger partial charge in [-0.2, -0.15) is 13.2 Å². The lowest BCUT2D eigenvalue weighted by Gasteiger charge is -2.09. The zero-order chi connectivity index (χ0) is 13.6. The summed E-state index contributed by atoms with van der Waals surface area (Å²) in [6.07, 6.45) is -0.829. The van der Waals surface area contributed by atoms with E-state index in [-0.39, 0.29) is 29.8 Å². The van der Waals surface area contributed by atoms with Crippen LogP contribution in [0.2, 0.25) is 0 Å². The molecule has 1 atom stereocenters. The molecule has 0 aliphatic heterocycles. The highest BCUT2D eigenvalue weighted by Gasteiger charge is 2.28. The number of benzene rings is 1. The first-order valence-electron chi connectivity index (χ1n) is 5.25. The summed E-state index contributed by atoms with van der Waals surface area (Å²) in [4.78, 5) is 0.140. The van der Waals surface area contributed by atoms with Gasteiger partial charge in [-0.3, -0.25) is 0 Å². The van der Waals surface area contributed by atoms with Gasteiger partial charge >= 0.3 is 5.51 Å². The monoisotopic (exact) mass is 281 g/mol. The highest BCUT2D eigenvalue weighted by atomic mass is 32.2. The van der Waals surface area contributed by atoms with Crippen LogP contribution in [0.25, 0.3) is 0 Å². The van der Waals surface area contributed by atoms with Crippen LogP contribution >= 0.6 is 11.8 Å². The highest BCUT2D eigenvalue weighted by Crippen LogP contribution is 2.36. The number of hydrogen-bond donors (Lipinski definition) is 3. The Morgan fingerprint density at radius 2 is 1.83 bits per heavy atom. The van der Waals surface area contributed by atoms with Gasteiger partial charge < -0.3 is 15.5 Å². The average Bonchev–Trinajstić information content (AvgIpc) is 2.29. The van der Waals surface area contributed by atoms with Gasteiger partial charge in [-0.15, -0.1) is 0 Å². The van der Waals surface area contributed by atoms with Crippen molar-refractivity contribution in [2.24, 2.45) is 0 Å². The number of aliphatic hydroxyl groups is 2. The third kappa shape index (κ3) is 6.25. The fourth-order valence-corrected chi connectivity index (χ4v) is 1.80. The second-order valence-corrected chi connectivity index (χ2v) is 4.80. The van der Waals surface area contributed by atoms with Gasteiger partial charge in [0.25, 0.3) is 0 Å². The lowest BCUT2D eigenvalue weighted by atomic mass is 10.2. The molecule has 0 fully saturated rings. The van der Waals surface area contributed by atoms with Gasteiger partial charge in [0.05, 0.1) is 12.7 Å². The summed E-state index contributed by atoms with van der Waals surface area (Å²) in [5.74, 6) is 0. The number of rotatable bonds is 6. The van der Waals surface area contributed by atoms with Crippen molar-refractivity contribution in [1.29, 1.82) is 0 Å². The molecule has 0 heterocycles. The summed E-state index contributed by atoms with van der Waals surface area (Å²) < 4.78 is 36.2. The van der Waals surface area contributed by atoms with Gasteiger partial charge in [-0.25, -0.2) is 0 Å². The first-order chi connectivity index (χ1) is 8.40. The third-order valence-corrected chi connectivity index (χ3v) is 2.82. The van der Waals surface area contributed by atoms with E-state index in [2.05, 4.69) is 5.32 Å². The maximum Gasteiger partial charge on any atom is 0.446 e. The summed E-state index contributed by atoms with van der Waals surface area (Å²) in [7, 11) is 0. The normalized spacial score (nSPS) is 13.6. The van der Waals surface area contributed by atoms with Crippen molar-refractivity contribution in [2.75, 3.05) is 13.2 Å². The minimum Gasteiger partial charge on any atom is -0.394 e. The van der Waals surface area contributed by atoms with E-state index in [4.69, 9.17) is 10.2 Å². The first kappa shape index (κ1) is 15.3. The van der Waals surface area contributed by atoms with E-state index in [9.17, 15) is 13.2 Å². The maximum absolute atomic E-state index is 12.1. The molecule has 1 aromatic rings. The van der Waals surface area contributed by atoms with E-state index in [1.54, 1.807) is 12.1 Å². The molecule has 7 heteroatoms. The zero-order valence-electron chi connectivity index (χ0n) is 9.44. The molecule has 1 rings (SSSR count). The Morgan fingerprint density at radius 3 is 2.33 bits per heavy atom. The second-order valence-electron chi connectivity index (χ2n) is 3.66. The van der Waals surface area contributed by atoms with Crippen molar-refractivity contribution < 1.29 is 23.4 Å². The van der Waals surface area contributed by atoms with Crippen molar-refractivity contribution in [1.82, 2.24) is 5.32 Å². The number of nitrogens with one attached hydrogen (secondary N) is 1. The fraction of sp³-hybridized carbons (Fsp3) is 0.455. The predicted molar refractivity (Wildman–Crippen MR) is 63.2 cm³/mol. The summed E-state index contributed by atoms with van der Waals surface area (Å²) >= 11 is -0.152. The number of hydrogen-bond acceptors (Lipinski definition) is 4. The lowest BCUT2D eigenvalue weighted by Crippen LogP contribution is -2.28. The van der Waals surface area contributed by atoms with Crippen LogP contribution in [0, 0.1) is 0 Å². The van der Waals surface area contributed by atoms with E-state index < -0.39 is 11.6 Å². The summed E-state index contributed by atoms with van der Waals surface area (Å²) in [5, 5.41) is 20.5. The molecule has 0 aliphatic rings. The fourth-order valence-electron chi connectivity index (χ4n) is 1.26. The van der Waals surface area contributed by atoms with Crippen LogP contribution in [0.15, 0.2) is 29.2 Å². The van der Waals surface area contributed by atoms with Crippen molar-refractivity contribution >= 4 is 11.8 Å². The quantitative estimate of drug-likeness (QED) is 0.695. The van der Waals surface area contributed by atoms with E-state index in [1.165, 1.54) is 12.1 Å². The Kier molecular flexibility index (Phi) is 5.94. The van der Waals surface area contributed by atoms with E-state index in [0.29, 0.717) is 6.54 Å². The molecule has 0 saturated heterocycles. The molecule has 0 bridgehead atoms. The second kappa shape index (κ2) is 6.98. The Balaban J connectivity index is 2.41. The average molecular weight is 281 g/mol. The Bertz CT molecular complexity index is 356. The molecule has 0 spiro atoms. The third-order valence-electron chi connectivity index (χ3n) is 2.08. The lowest BCUT2D eigenvalue weighted by molar-refractivity contribution is -0.0328. The van der Waals surface area contributed by atoms with Crippen LogP contribution in [0.1, 0.15) is 5.56 Å². The minimum atomic E-state index is -4.27. The van der Waals surface area contributed by atoms with Crippen molar-refractivity contribution in [3.63, 3.8) is 0 Å². The first-order valence-corrected chi connectivity index (χ1v) is 6.06. The molecule has 102 valence electrons. The van der Waals surface area contributed by atoms with Crippen LogP contribution in [0.5, 0.6) is 0 Å². The molecular formula is C11H14F3NO2S. The predicted octanol–water partition coefficient (Wildman–Crippen LogP) is 1.74. The van der Waals surface area contributed by atoms with Crippen molar-refractivity contribution in [3.05, 3.63) is 29.8 Å². The number of alkyl halides is 3. The molecule has 3 nitrogen and oxygen atoms in total. The topological polar surface area (TPSA) is 52.5 Å². The van der Waals surface area contributed by atoms with Crippen LogP contribution in [-0.2, 0) is 6.54 Å². The number of thioether (sulfide) groups is 1.